The van der Waals surface area contributed by atoms with Crippen LogP contribution in [0.25, 0.3) is 11.0 Å². The van der Waals surface area contributed by atoms with Crippen LogP contribution in [-0.4, -0.2) is 77.4 Å². The number of hydrogen-bond acceptors (Lipinski definition) is 13. The highest BCUT2D eigenvalue weighted by Crippen LogP contribution is 2.43. The molecule has 2 atom stereocenters. The smallest absolute Gasteiger partial charge is 0.356 e. The Bertz CT molecular complexity index is 3180. The number of hydrogen-bond donors (Lipinski definition) is 4. The SMILES string of the molecule is CO/N=C(/C(=O)NC1C(=O)N2C(C(=O)OC(c3ccccc3)c3ccccc3)=C(/C=C/Cn3cnc4cc(O)c(O)cc43)CS[C@H]12)c1csc(NC(c2ccccc2)(c2ccccc2)c2ccccc2)n1. The molecule has 2 aliphatic rings. The van der Waals surface area contributed by atoms with Gasteiger partial charge in [-0.15, -0.1) is 23.1 Å². The van der Waals surface area contributed by atoms with Gasteiger partial charge in [-0.2, -0.15) is 0 Å². The molecule has 8 aromatic rings. The van der Waals surface area contributed by atoms with Crippen LogP contribution in [0.4, 0.5) is 5.13 Å². The normalized spacial score (nSPS) is 15.9. The molecule has 2 aromatic heterocycles. The molecular formula is C55H45N7O7S2. The van der Waals surface area contributed by atoms with Crippen molar-refractivity contribution in [1.82, 2.24) is 24.8 Å². The second kappa shape index (κ2) is 20.2. The Morgan fingerprint density at radius 2 is 1.39 bits per heavy atom. The van der Waals surface area contributed by atoms with Crippen LogP contribution >= 0.6 is 23.1 Å². The number of carbonyl (C=O) groups is 3. The number of aromatic hydroxyl groups is 2. The van der Waals surface area contributed by atoms with Crippen molar-refractivity contribution in [1.29, 1.82) is 0 Å². The number of amides is 2. The zero-order valence-electron chi connectivity index (χ0n) is 38.0. The summed E-state index contributed by atoms with van der Waals surface area (Å²) in [6, 6.07) is 50.7. The maximum Gasteiger partial charge on any atom is 0.356 e. The Morgan fingerprint density at radius 3 is 1.97 bits per heavy atom. The summed E-state index contributed by atoms with van der Waals surface area (Å²) in [5, 5.41) is 32.4. The molecular weight excluding hydrogens is 935 g/mol. The van der Waals surface area contributed by atoms with E-state index in [2.05, 4.69) is 57.2 Å². The minimum Gasteiger partial charge on any atom is -0.504 e. The Labute approximate surface area is 416 Å². The van der Waals surface area contributed by atoms with Gasteiger partial charge in [0.05, 0.1) is 17.4 Å². The van der Waals surface area contributed by atoms with E-state index in [0.717, 1.165) is 27.8 Å². The van der Waals surface area contributed by atoms with Crippen molar-refractivity contribution >= 4 is 62.8 Å². The number of ether oxygens (including phenoxy) is 1. The summed E-state index contributed by atoms with van der Waals surface area (Å²) in [6.45, 7) is 0.283. The molecule has 16 heteroatoms. The zero-order valence-corrected chi connectivity index (χ0v) is 39.7. The molecule has 14 nitrogen and oxygen atoms in total. The number of fused-ring (bicyclic) bond motifs is 2. The van der Waals surface area contributed by atoms with Crippen LogP contribution in [0.2, 0.25) is 0 Å². The van der Waals surface area contributed by atoms with E-state index in [0.29, 0.717) is 21.7 Å². The summed E-state index contributed by atoms with van der Waals surface area (Å²) in [5.41, 5.74) is 5.24. The van der Waals surface area contributed by atoms with Crippen LogP contribution in [-0.2, 0) is 36.0 Å². The molecule has 0 bridgehead atoms. The molecule has 1 unspecified atom stereocenters. The second-order valence-electron chi connectivity index (χ2n) is 16.6. The van der Waals surface area contributed by atoms with E-state index in [-0.39, 0.29) is 40.9 Å². The van der Waals surface area contributed by atoms with Crippen molar-refractivity contribution < 1.29 is 34.2 Å². The summed E-state index contributed by atoms with van der Waals surface area (Å²) in [6.07, 6.45) is 4.37. The van der Waals surface area contributed by atoms with Crippen LogP contribution in [0.3, 0.4) is 0 Å². The topological polar surface area (TPSA) is 180 Å². The average molecular weight is 980 g/mol. The first-order valence-electron chi connectivity index (χ1n) is 22.6. The van der Waals surface area contributed by atoms with Gasteiger partial charge in [0.25, 0.3) is 11.8 Å². The highest BCUT2D eigenvalue weighted by atomic mass is 32.2. The number of benzene rings is 6. The van der Waals surface area contributed by atoms with Gasteiger partial charge in [0.2, 0.25) is 0 Å². The van der Waals surface area contributed by atoms with Crippen molar-refractivity contribution in [2.75, 3.05) is 18.2 Å². The number of allylic oxidation sites excluding steroid dienone is 2. The lowest BCUT2D eigenvalue weighted by molar-refractivity contribution is -0.154. The van der Waals surface area contributed by atoms with Gasteiger partial charge < -0.3 is 35.0 Å². The third-order valence-electron chi connectivity index (χ3n) is 12.3. The standard InChI is InChI=1S/C55H45N7O7S2/c1-68-60-46(42-33-71-54(57-42)59-55(38-23-11-4-12-24-38,39-25-13-5-14-26-39)40-27-15-6-16-28-40)50(65)58-47-51(66)62-48(53(67)69-49(35-18-7-2-8-19-35)36-20-9-3-10-21-36)37(32-70-52(47)62)22-17-29-61-34-56-41-30-44(63)45(64)31-43(41)61/h2-28,30-31,33-34,47,49,52,63-64H,29,32H2,1H3,(H,57,59)(H,58,65)/b22-17+,60-46+/t47?,52-/m1/s1. The first kappa shape index (κ1) is 46.3. The number of oxime groups is 1. The molecule has 2 amide bonds. The number of phenols is 2. The van der Waals surface area contributed by atoms with Crippen molar-refractivity contribution in [2.24, 2.45) is 5.16 Å². The zero-order chi connectivity index (χ0) is 48.9. The largest absolute Gasteiger partial charge is 0.504 e. The number of nitrogens with zero attached hydrogens (tertiary/aromatic N) is 5. The lowest BCUT2D eigenvalue weighted by Crippen LogP contribution is -2.71. The lowest BCUT2D eigenvalue weighted by Gasteiger charge is -2.49. The summed E-state index contributed by atoms with van der Waals surface area (Å²) in [4.78, 5) is 59.3. The van der Waals surface area contributed by atoms with Crippen LogP contribution < -0.4 is 10.6 Å². The maximum atomic E-state index is 14.7. The molecule has 4 heterocycles. The second-order valence-corrected chi connectivity index (χ2v) is 18.6. The summed E-state index contributed by atoms with van der Waals surface area (Å²) in [7, 11) is 1.33. The first-order valence-corrected chi connectivity index (χ1v) is 24.5. The number of thiazole rings is 1. The van der Waals surface area contributed by atoms with Gasteiger partial charge in [-0.1, -0.05) is 169 Å². The molecule has 0 saturated carbocycles. The van der Waals surface area contributed by atoms with E-state index in [1.165, 1.54) is 47.2 Å². The highest BCUT2D eigenvalue weighted by molar-refractivity contribution is 8.00. The minimum absolute atomic E-state index is 0.0511. The van der Waals surface area contributed by atoms with Gasteiger partial charge in [-0.05, 0) is 33.4 Å². The predicted octanol–water partition coefficient (Wildman–Crippen LogP) is 8.90. The van der Waals surface area contributed by atoms with E-state index in [4.69, 9.17) is 14.6 Å². The monoisotopic (exact) mass is 979 g/mol. The molecule has 6 aromatic carbocycles. The van der Waals surface area contributed by atoms with Crippen LogP contribution in [0.1, 0.15) is 39.6 Å². The number of rotatable bonds is 16. The van der Waals surface area contributed by atoms with E-state index in [1.54, 1.807) is 22.4 Å². The number of esters is 1. The molecule has 354 valence electrons. The molecule has 0 aliphatic carbocycles. The summed E-state index contributed by atoms with van der Waals surface area (Å²) >= 11 is 2.68. The molecule has 2 aliphatic heterocycles. The fraction of sp³-hybridized carbons (Fsp3) is 0.127. The molecule has 0 spiro atoms. The summed E-state index contributed by atoms with van der Waals surface area (Å²) in [5.74, 6) is -2.21. The predicted molar refractivity (Wildman–Crippen MR) is 274 cm³/mol. The van der Waals surface area contributed by atoms with Crippen LogP contribution in [0.5, 0.6) is 11.5 Å². The number of β-lactam (4-membered cyclic amide) rings is 1. The Balaban J connectivity index is 0.931. The van der Waals surface area contributed by atoms with Crippen LogP contribution in [0.15, 0.2) is 204 Å². The molecule has 10 rings (SSSR count). The van der Waals surface area contributed by atoms with Gasteiger partial charge in [0, 0.05) is 29.8 Å². The van der Waals surface area contributed by atoms with Crippen molar-refractivity contribution in [3.8, 4) is 11.5 Å². The molecule has 0 radical (unpaired) electrons. The fourth-order valence-electron chi connectivity index (χ4n) is 8.93. The third kappa shape index (κ3) is 9.13. The third-order valence-corrected chi connectivity index (χ3v) is 14.4. The number of nitrogens with one attached hydrogen (secondary N) is 2. The van der Waals surface area contributed by atoms with Gasteiger partial charge >= 0.3 is 5.97 Å². The number of anilines is 1. The Morgan fingerprint density at radius 1 is 0.831 bits per heavy atom. The number of phenolic OH excluding ortho intramolecular Hbond substituents is 2. The maximum absolute atomic E-state index is 14.7. The molecule has 1 fully saturated rings. The van der Waals surface area contributed by atoms with Gasteiger partial charge in [0.1, 0.15) is 35.5 Å². The van der Waals surface area contributed by atoms with Crippen molar-refractivity contribution in [3.05, 3.63) is 232 Å². The van der Waals surface area contributed by atoms with Gasteiger partial charge in [-0.3, -0.25) is 14.5 Å². The molecule has 71 heavy (non-hydrogen) atoms. The summed E-state index contributed by atoms with van der Waals surface area (Å²) < 4.78 is 8.13. The first-order chi connectivity index (χ1) is 34.7. The van der Waals surface area contributed by atoms with Gasteiger partial charge in [-0.25, -0.2) is 14.8 Å². The lowest BCUT2D eigenvalue weighted by atomic mass is 9.77. The van der Waals surface area contributed by atoms with E-state index in [9.17, 15) is 24.6 Å². The fourth-order valence-corrected chi connectivity index (χ4v) is 11.0. The van der Waals surface area contributed by atoms with E-state index in [1.807, 2.05) is 121 Å². The Hall–Kier alpha value is -8.47. The number of thioether (sulfide) groups is 1. The molecule has 1 saturated heterocycles. The number of aromatic nitrogens is 3. The quantitative estimate of drug-likeness (QED) is 0.0181. The molecule has 4 N–H and O–H groups in total. The van der Waals surface area contributed by atoms with Crippen molar-refractivity contribution in [3.63, 3.8) is 0 Å². The van der Waals surface area contributed by atoms with E-state index >= 15 is 0 Å². The minimum atomic E-state index is -1.04. The highest BCUT2D eigenvalue weighted by Gasteiger charge is 2.55. The Kier molecular flexibility index (Phi) is 13.2. The average Bonchev–Trinajstić information content (AvgIpc) is 4.05. The van der Waals surface area contributed by atoms with E-state index < -0.39 is 40.8 Å². The van der Waals surface area contributed by atoms with Crippen LogP contribution in [0, 0.1) is 0 Å². The number of imidazole rings is 1. The number of carbonyl (C=O) groups excluding carboxylic acids is 3. The van der Waals surface area contributed by atoms with Crippen molar-refractivity contribution in [2.45, 2.75) is 29.6 Å². The van der Waals surface area contributed by atoms with Gasteiger partial charge in [0.15, 0.2) is 28.4 Å².